The molecule has 0 aromatic rings. The highest BCUT2D eigenvalue weighted by Gasteiger charge is 2.30. The number of carbonyl (C=O) groups excluding carboxylic acids is 1. The summed E-state index contributed by atoms with van der Waals surface area (Å²) in [6, 6.07) is 0.177. The molecule has 1 aliphatic rings. The number of rotatable bonds is 4. The van der Waals surface area contributed by atoms with Gasteiger partial charge in [-0.1, -0.05) is 13.8 Å². The monoisotopic (exact) mass is 227 g/mol. The van der Waals surface area contributed by atoms with Gasteiger partial charge in [0.2, 0.25) is 5.91 Å². The summed E-state index contributed by atoms with van der Waals surface area (Å²) < 4.78 is 0. The SMILES string of the molecule is CC(C)C[C@@H](N)C(=O)N1CC[C@H](N(C)C)C1. The van der Waals surface area contributed by atoms with Crippen LogP contribution in [0.4, 0.5) is 0 Å². The van der Waals surface area contributed by atoms with Gasteiger partial charge in [0.15, 0.2) is 0 Å². The molecule has 1 heterocycles. The van der Waals surface area contributed by atoms with Gasteiger partial charge < -0.3 is 15.5 Å². The summed E-state index contributed by atoms with van der Waals surface area (Å²) in [5.41, 5.74) is 5.91. The van der Waals surface area contributed by atoms with Crippen molar-refractivity contribution in [2.45, 2.75) is 38.8 Å². The molecule has 2 atom stereocenters. The second-order valence-corrected chi connectivity index (χ2v) is 5.43. The van der Waals surface area contributed by atoms with E-state index in [9.17, 15) is 4.79 Å². The highest BCUT2D eigenvalue weighted by molar-refractivity contribution is 5.81. The zero-order chi connectivity index (χ0) is 12.3. The number of nitrogens with two attached hydrogens (primary N) is 1. The first-order valence-electron chi connectivity index (χ1n) is 6.12. The fourth-order valence-electron chi connectivity index (χ4n) is 2.21. The summed E-state index contributed by atoms with van der Waals surface area (Å²) in [5, 5.41) is 0. The van der Waals surface area contributed by atoms with E-state index in [4.69, 9.17) is 5.73 Å². The lowest BCUT2D eigenvalue weighted by molar-refractivity contribution is -0.132. The lowest BCUT2D eigenvalue weighted by Gasteiger charge is -2.23. The van der Waals surface area contributed by atoms with Crippen LogP contribution in [-0.2, 0) is 4.79 Å². The highest BCUT2D eigenvalue weighted by atomic mass is 16.2. The summed E-state index contributed by atoms with van der Waals surface area (Å²) in [5.74, 6) is 0.601. The Labute approximate surface area is 98.8 Å². The normalized spacial score (nSPS) is 23.2. The molecule has 1 rings (SSSR count). The zero-order valence-electron chi connectivity index (χ0n) is 10.9. The fraction of sp³-hybridized carbons (Fsp3) is 0.917. The standard InChI is InChI=1S/C12H25N3O/c1-9(2)7-11(13)12(16)15-6-5-10(8-15)14(3)4/h9-11H,5-8,13H2,1-4H3/t10-,11+/m0/s1. The molecule has 0 aromatic carbocycles. The maximum atomic E-state index is 12.0. The molecule has 4 nitrogen and oxygen atoms in total. The van der Waals surface area contributed by atoms with Gasteiger partial charge in [0, 0.05) is 19.1 Å². The van der Waals surface area contributed by atoms with Crippen molar-refractivity contribution in [2.24, 2.45) is 11.7 Å². The molecule has 1 amide bonds. The van der Waals surface area contributed by atoms with Crippen LogP contribution in [0.15, 0.2) is 0 Å². The molecule has 94 valence electrons. The van der Waals surface area contributed by atoms with Crippen molar-refractivity contribution in [3.63, 3.8) is 0 Å². The highest BCUT2D eigenvalue weighted by Crippen LogP contribution is 2.15. The van der Waals surface area contributed by atoms with Crippen LogP contribution >= 0.6 is 0 Å². The number of nitrogens with zero attached hydrogens (tertiary/aromatic N) is 2. The molecule has 0 spiro atoms. The van der Waals surface area contributed by atoms with Gasteiger partial charge in [-0.2, -0.15) is 0 Å². The number of likely N-dealkylation sites (tertiary alicyclic amines) is 1. The van der Waals surface area contributed by atoms with Gasteiger partial charge in [0.1, 0.15) is 0 Å². The van der Waals surface area contributed by atoms with Gasteiger partial charge >= 0.3 is 0 Å². The van der Waals surface area contributed by atoms with Crippen LogP contribution < -0.4 is 5.73 Å². The molecular formula is C12H25N3O. The molecule has 0 unspecified atom stereocenters. The largest absolute Gasteiger partial charge is 0.340 e. The zero-order valence-corrected chi connectivity index (χ0v) is 10.9. The van der Waals surface area contributed by atoms with Crippen LogP contribution in [0.2, 0.25) is 0 Å². The Bertz CT molecular complexity index is 240. The molecule has 0 aliphatic carbocycles. The first kappa shape index (κ1) is 13.5. The minimum atomic E-state index is -0.319. The summed E-state index contributed by atoms with van der Waals surface area (Å²) in [6.07, 6.45) is 1.84. The van der Waals surface area contributed by atoms with Gasteiger partial charge in [-0.15, -0.1) is 0 Å². The van der Waals surface area contributed by atoms with Crippen molar-refractivity contribution in [2.75, 3.05) is 27.2 Å². The van der Waals surface area contributed by atoms with Crippen molar-refractivity contribution in [3.8, 4) is 0 Å². The Kier molecular flexibility index (Phi) is 4.74. The fourth-order valence-corrected chi connectivity index (χ4v) is 2.21. The van der Waals surface area contributed by atoms with Crippen molar-refractivity contribution >= 4 is 5.91 Å². The first-order chi connectivity index (χ1) is 7.41. The Balaban J connectivity index is 2.44. The Hall–Kier alpha value is -0.610. The Morgan fingerprint density at radius 1 is 1.50 bits per heavy atom. The van der Waals surface area contributed by atoms with E-state index in [1.165, 1.54) is 0 Å². The summed E-state index contributed by atoms with van der Waals surface area (Å²) in [4.78, 5) is 16.1. The predicted molar refractivity (Wildman–Crippen MR) is 66.1 cm³/mol. The number of likely N-dealkylation sites (N-methyl/N-ethyl adjacent to an activating group) is 1. The van der Waals surface area contributed by atoms with Crippen LogP contribution in [0, 0.1) is 5.92 Å². The summed E-state index contributed by atoms with van der Waals surface area (Å²) in [7, 11) is 4.12. The van der Waals surface area contributed by atoms with E-state index >= 15 is 0 Å². The quantitative estimate of drug-likeness (QED) is 0.762. The maximum Gasteiger partial charge on any atom is 0.239 e. The molecule has 4 heteroatoms. The third kappa shape index (κ3) is 3.46. The molecule has 0 aromatic heterocycles. The molecule has 1 fully saturated rings. The number of amides is 1. The molecule has 1 aliphatic heterocycles. The van der Waals surface area contributed by atoms with Gasteiger partial charge in [-0.25, -0.2) is 0 Å². The van der Waals surface area contributed by atoms with E-state index in [0.717, 1.165) is 25.9 Å². The third-order valence-corrected chi connectivity index (χ3v) is 3.25. The summed E-state index contributed by atoms with van der Waals surface area (Å²) >= 11 is 0. The van der Waals surface area contributed by atoms with Crippen molar-refractivity contribution in [1.29, 1.82) is 0 Å². The molecule has 2 N–H and O–H groups in total. The number of carbonyl (C=O) groups is 1. The van der Waals surface area contributed by atoms with E-state index in [-0.39, 0.29) is 11.9 Å². The van der Waals surface area contributed by atoms with Gasteiger partial charge in [-0.3, -0.25) is 4.79 Å². The van der Waals surface area contributed by atoms with Gasteiger partial charge in [-0.05, 0) is 32.9 Å². The number of hydrogen-bond acceptors (Lipinski definition) is 3. The van der Waals surface area contributed by atoms with Crippen LogP contribution in [-0.4, -0.2) is 55.0 Å². The van der Waals surface area contributed by atoms with E-state index < -0.39 is 0 Å². The van der Waals surface area contributed by atoms with Crippen LogP contribution in [0.3, 0.4) is 0 Å². The van der Waals surface area contributed by atoms with Crippen LogP contribution in [0.5, 0.6) is 0 Å². The average Bonchev–Trinajstić information content (AvgIpc) is 2.64. The molecule has 0 bridgehead atoms. The summed E-state index contributed by atoms with van der Waals surface area (Å²) in [6.45, 7) is 5.88. The molecule has 0 radical (unpaired) electrons. The third-order valence-electron chi connectivity index (χ3n) is 3.25. The van der Waals surface area contributed by atoms with Crippen molar-refractivity contribution in [3.05, 3.63) is 0 Å². The van der Waals surface area contributed by atoms with E-state index in [1.807, 2.05) is 4.90 Å². The van der Waals surface area contributed by atoms with E-state index in [1.54, 1.807) is 0 Å². The Morgan fingerprint density at radius 2 is 2.12 bits per heavy atom. The maximum absolute atomic E-state index is 12.0. The predicted octanol–water partition coefficient (Wildman–Crippen LogP) is 0.522. The smallest absolute Gasteiger partial charge is 0.239 e. The van der Waals surface area contributed by atoms with Crippen LogP contribution in [0.1, 0.15) is 26.7 Å². The number of hydrogen-bond donors (Lipinski definition) is 1. The van der Waals surface area contributed by atoms with Crippen molar-refractivity contribution in [1.82, 2.24) is 9.80 Å². The van der Waals surface area contributed by atoms with E-state index in [0.29, 0.717) is 12.0 Å². The first-order valence-corrected chi connectivity index (χ1v) is 6.12. The van der Waals surface area contributed by atoms with Crippen molar-refractivity contribution < 1.29 is 4.79 Å². The molecule has 0 saturated carbocycles. The van der Waals surface area contributed by atoms with Crippen LogP contribution in [0.25, 0.3) is 0 Å². The lowest BCUT2D eigenvalue weighted by Crippen LogP contribution is -2.44. The molecular weight excluding hydrogens is 202 g/mol. The minimum Gasteiger partial charge on any atom is -0.340 e. The van der Waals surface area contributed by atoms with Gasteiger partial charge in [0.25, 0.3) is 0 Å². The minimum absolute atomic E-state index is 0.123. The Morgan fingerprint density at radius 3 is 2.56 bits per heavy atom. The molecule has 16 heavy (non-hydrogen) atoms. The second-order valence-electron chi connectivity index (χ2n) is 5.43. The molecule has 1 saturated heterocycles. The average molecular weight is 227 g/mol. The van der Waals surface area contributed by atoms with E-state index in [2.05, 4.69) is 32.8 Å². The van der Waals surface area contributed by atoms with Gasteiger partial charge in [0.05, 0.1) is 6.04 Å². The lowest BCUT2D eigenvalue weighted by atomic mass is 10.0. The topological polar surface area (TPSA) is 49.6 Å². The second kappa shape index (κ2) is 5.64.